The fraction of sp³-hybridized carbons (Fsp3) is 0.500. The van der Waals surface area contributed by atoms with Gasteiger partial charge < -0.3 is 14.4 Å². The van der Waals surface area contributed by atoms with E-state index in [2.05, 4.69) is 6.92 Å². The van der Waals surface area contributed by atoms with Gasteiger partial charge >= 0.3 is 18.5 Å². The molecule has 4 rings (SSSR count). The summed E-state index contributed by atoms with van der Waals surface area (Å²) < 4.78 is 15.4. The van der Waals surface area contributed by atoms with Crippen molar-refractivity contribution < 1.29 is 14.4 Å². The Morgan fingerprint density at radius 1 is 1.24 bits per heavy atom. The third-order valence-corrected chi connectivity index (χ3v) is 5.71. The predicted octanol–water partition coefficient (Wildman–Crippen LogP) is 1.37. The highest BCUT2D eigenvalue weighted by atomic mass is 16.5. The van der Waals surface area contributed by atoms with E-state index < -0.39 is 18.8 Å². The Bertz CT molecular complexity index is 1020. The molecule has 0 radical (unpaired) electrons. The minimum Gasteiger partial charge on any atom is -0.427 e. The van der Waals surface area contributed by atoms with E-state index in [1.54, 1.807) is 31.4 Å². The van der Waals surface area contributed by atoms with Gasteiger partial charge in [0.1, 0.15) is 0 Å². The summed E-state index contributed by atoms with van der Waals surface area (Å²) in [5, 5.41) is 10.4. The number of ether oxygens (including phenoxy) is 1. The van der Waals surface area contributed by atoms with E-state index in [4.69, 9.17) is 9.39 Å². The molecule has 1 fully saturated rings. The van der Waals surface area contributed by atoms with Crippen LogP contribution in [0, 0.1) is 0 Å². The van der Waals surface area contributed by atoms with Crippen LogP contribution in [0.4, 0.5) is 0 Å². The van der Waals surface area contributed by atoms with Crippen LogP contribution in [0.25, 0.3) is 5.69 Å². The van der Waals surface area contributed by atoms with Crippen molar-refractivity contribution in [3.63, 3.8) is 0 Å². The Hall–Kier alpha value is -2.36. The molecule has 8 nitrogen and oxygen atoms in total. The maximum atomic E-state index is 13.3. The Morgan fingerprint density at radius 2 is 2.00 bits per heavy atom. The average molecular weight is 399 g/mol. The molecule has 0 spiro atoms. The highest BCUT2D eigenvalue weighted by molar-refractivity contribution is 6.43. The third kappa shape index (κ3) is 3.43. The van der Waals surface area contributed by atoms with E-state index in [-0.39, 0.29) is 24.7 Å². The van der Waals surface area contributed by atoms with Gasteiger partial charge in [0.25, 0.3) is 0 Å². The molecule has 154 valence electrons. The Labute approximate surface area is 169 Å². The van der Waals surface area contributed by atoms with Crippen LogP contribution in [-0.4, -0.2) is 45.9 Å². The lowest BCUT2D eigenvalue weighted by Gasteiger charge is -2.40. The van der Waals surface area contributed by atoms with Gasteiger partial charge in [0, 0.05) is 13.4 Å². The maximum absolute atomic E-state index is 13.3. The van der Waals surface area contributed by atoms with Gasteiger partial charge in [-0.15, -0.1) is 0 Å². The van der Waals surface area contributed by atoms with Crippen LogP contribution in [0.5, 0.6) is 0 Å². The van der Waals surface area contributed by atoms with Gasteiger partial charge in [0.15, 0.2) is 0 Å². The van der Waals surface area contributed by atoms with Gasteiger partial charge in [-0.25, -0.2) is 23.5 Å². The molecular weight excluding hydrogens is 373 g/mol. The second-order valence-electron chi connectivity index (χ2n) is 7.60. The fourth-order valence-electron chi connectivity index (χ4n) is 4.47. The fourth-order valence-corrected chi connectivity index (χ4v) is 4.47. The lowest BCUT2D eigenvalue weighted by Crippen LogP contribution is -2.47. The van der Waals surface area contributed by atoms with E-state index in [0.717, 1.165) is 30.4 Å². The SMILES string of the molecule is CCCC[C@H]1OB(O)C[C@H]2C1=C(COC)Cn1c(=O)n(-c3ccccc3)c(=O)n12. The van der Waals surface area contributed by atoms with Crippen LogP contribution in [0.2, 0.25) is 6.32 Å². The number of methoxy groups -OCH3 is 1. The lowest BCUT2D eigenvalue weighted by atomic mass is 9.71. The Morgan fingerprint density at radius 3 is 2.69 bits per heavy atom. The summed E-state index contributed by atoms with van der Waals surface area (Å²) >= 11 is 0. The van der Waals surface area contributed by atoms with Crippen LogP contribution in [0.15, 0.2) is 51.1 Å². The standard InChI is InChI=1S/C20H26BN3O5/c1-3-4-10-17-18-14(13-28-2)12-22-19(25)23(15-8-6-5-7-9-15)20(26)24(22)16(18)11-21(27)29-17/h5-9,16-17,27H,3-4,10-13H2,1-2H3/t16-,17+/m0/s1. The third-order valence-electron chi connectivity index (χ3n) is 5.71. The first-order valence-electron chi connectivity index (χ1n) is 10.1. The molecule has 0 bridgehead atoms. The average Bonchev–Trinajstić information content (AvgIpc) is 2.97. The van der Waals surface area contributed by atoms with Crippen molar-refractivity contribution in [1.29, 1.82) is 0 Å². The van der Waals surface area contributed by atoms with E-state index in [9.17, 15) is 14.6 Å². The quantitative estimate of drug-likeness (QED) is 0.586. The highest BCUT2D eigenvalue weighted by Gasteiger charge is 2.43. The number of rotatable bonds is 6. The van der Waals surface area contributed by atoms with Crippen LogP contribution in [0.3, 0.4) is 0 Å². The van der Waals surface area contributed by atoms with Crippen molar-refractivity contribution in [2.45, 2.75) is 51.2 Å². The number of hydrogen-bond donors (Lipinski definition) is 1. The summed E-state index contributed by atoms with van der Waals surface area (Å²) in [5.74, 6) is 0. The summed E-state index contributed by atoms with van der Waals surface area (Å²) in [7, 11) is 0.630. The van der Waals surface area contributed by atoms with Crippen molar-refractivity contribution >= 4 is 7.12 Å². The first-order chi connectivity index (χ1) is 14.1. The van der Waals surface area contributed by atoms with Gasteiger partial charge in [-0.05, 0) is 29.7 Å². The van der Waals surface area contributed by atoms with Crippen LogP contribution < -0.4 is 11.4 Å². The number of fused-ring (bicyclic) bond motifs is 3. The number of benzene rings is 1. The minimum atomic E-state index is -0.983. The molecule has 2 aliphatic heterocycles. The molecule has 1 N–H and O–H groups in total. The molecule has 1 aromatic carbocycles. The zero-order valence-electron chi connectivity index (χ0n) is 16.8. The summed E-state index contributed by atoms with van der Waals surface area (Å²) in [5.41, 5.74) is 1.65. The van der Waals surface area contributed by atoms with Gasteiger partial charge in [-0.3, -0.25) is 0 Å². The van der Waals surface area contributed by atoms with E-state index in [0.29, 0.717) is 12.3 Å². The summed E-state index contributed by atoms with van der Waals surface area (Å²) in [4.78, 5) is 26.5. The summed E-state index contributed by atoms with van der Waals surface area (Å²) in [6.45, 7) is 2.73. The molecule has 0 aliphatic carbocycles. The number of para-hydroxylation sites is 1. The molecular formula is C20H26BN3O5. The molecule has 0 unspecified atom stereocenters. The van der Waals surface area contributed by atoms with Crippen molar-refractivity contribution in [3.8, 4) is 5.69 Å². The molecule has 2 aliphatic rings. The zero-order valence-corrected chi connectivity index (χ0v) is 16.8. The van der Waals surface area contributed by atoms with Gasteiger partial charge in [-0.1, -0.05) is 38.0 Å². The molecule has 0 saturated carbocycles. The number of nitrogens with zero attached hydrogens (tertiary/aromatic N) is 3. The van der Waals surface area contributed by atoms with Crippen molar-refractivity contribution in [2.24, 2.45) is 0 Å². The van der Waals surface area contributed by atoms with Crippen molar-refractivity contribution in [1.82, 2.24) is 13.9 Å². The van der Waals surface area contributed by atoms with Gasteiger partial charge in [-0.2, -0.15) is 0 Å². The second-order valence-corrected chi connectivity index (χ2v) is 7.60. The van der Waals surface area contributed by atoms with Gasteiger partial charge in [0.05, 0.1) is 31.0 Å². The minimum absolute atomic E-state index is 0.226. The Kier molecular flexibility index (Phi) is 5.62. The maximum Gasteiger partial charge on any atom is 0.457 e. The molecule has 29 heavy (non-hydrogen) atoms. The summed E-state index contributed by atoms with van der Waals surface area (Å²) in [6, 6.07) is 8.48. The smallest absolute Gasteiger partial charge is 0.427 e. The van der Waals surface area contributed by atoms with E-state index in [1.165, 1.54) is 13.9 Å². The number of aromatic nitrogens is 3. The second kappa shape index (κ2) is 8.18. The highest BCUT2D eigenvalue weighted by Crippen LogP contribution is 2.39. The number of hydrogen-bond acceptors (Lipinski definition) is 5. The molecule has 9 heteroatoms. The van der Waals surface area contributed by atoms with Crippen LogP contribution in [-0.2, 0) is 15.9 Å². The normalized spacial score (nSPS) is 21.3. The molecule has 0 amide bonds. The zero-order chi connectivity index (χ0) is 20.5. The molecule has 2 aromatic rings. The van der Waals surface area contributed by atoms with Crippen LogP contribution in [0.1, 0.15) is 32.2 Å². The van der Waals surface area contributed by atoms with Gasteiger partial charge in [0.2, 0.25) is 0 Å². The van der Waals surface area contributed by atoms with Crippen molar-refractivity contribution in [2.75, 3.05) is 13.7 Å². The molecule has 3 heterocycles. The first kappa shape index (κ1) is 19.9. The molecule has 1 saturated heterocycles. The lowest BCUT2D eigenvalue weighted by molar-refractivity contribution is 0.131. The molecule has 2 atom stereocenters. The predicted molar refractivity (Wildman–Crippen MR) is 109 cm³/mol. The topological polar surface area (TPSA) is 87.6 Å². The van der Waals surface area contributed by atoms with E-state index in [1.807, 2.05) is 6.07 Å². The number of unbranched alkanes of at least 4 members (excludes halogenated alkanes) is 1. The Balaban J connectivity index is 1.87. The van der Waals surface area contributed by atoms with E-state index >= 15 is 0 Å². The monoisotopic (exact) mass is 399 g/mol. The largest absolute Gasteiger partial charge is 0.457 e. The van der Waals surface area contributed by atoms with Crippen molar-refractivity contribution in [3.05, 3.63) is 62.4 Å². The summed E-state index contributed by atoms with van der Waals surface area (Å²) in [6.07, 6.45) is 2.64. The first-order valence-corrected chi connectivity index (χ1v) is 10.1. The van der Waals surface area contributed by atoms with Crippen LogP contribution >= 0.6 is 0 Å². The molecule has 1 aromatic heterocycles.